The number of H-pyrrole nitrogens is 1. The van der Waals surface area contributed by atoms with Gasteiger partial charge in [-0.05, 0) is 67.3 Å². The number of carbonyl (C=O) groups excluding carboxylic acids is 1. The Bertz CT molecular complexity index is 1280. The van der Waals surface area contributed by atoms with Crippen LogP contribution in [-0.4, -0.2) is 40.9 Å². The number of aromatic nitrogens is 1. The zero-order valence-corrected chi connectivity index (χ0v) is 18.7. The second-order valence-electron chi connectivity index (χ2n) is 9.84. The Morgan fingerprint density at radius 2 is 2.09 bits per heavy atom. The quantitative estimate of drug-likeness (QED) is 0.477. The third-order valence-corrected chi connectivity index (χ3v) is 8.06. The third kappa shape index (κ3) is 3.21. The van der Waals surface area contributed by atoms with Crippen LogP contribution < -0.4 is 4.74 Å². The predicted molar refractivity (Wildman–Crippen MR) is 124 cm³/mol. The summed E-state index contributed by atoms with van der Waals surface area (Å²) in [6, 6.07) is 13.4. The molecule has 2 aromatic carbocycles. The van der Waals surface area contributed by atoms with Gasteiger partial charge in [-0.3, -0.25) is 14.9 Å². The van der Waals surface area contributed by atoms with E-state index in [2.05, 4.69) is 22.0 Å². The Morgan fingerprint density at radius 1 is 1.24 bits per heavy atom. The van der Waals surface area contributed by atoms with Crippen LogP contribution in [-0.2, 0) is 23.1 Å². The largest absolute Gasteiger partial charge is 0.497 e. The number of piperidine rings is 1. The molecule has 1 unspecified atom stereocenters. The van der Waals surface area contributed by atoms with Gasteiger partial charge in [-0.1, -0.05) is 12.1 Å². The standard InChI is InChI=1S/C26H27N3O4/c1-33-20-4-2-3-17(11-20)26-9-10-28(25(30)16-5-6-16)15-18(26)12-22-21-8-7-19(29(31)32)13-23(21)27-24(22)14-26/h2-4,7-8,11,13,16,18,27H,5-6,9-10,12,14-15H2,1H3/t18?,26-/m1/s1. The number of nitro groups is 1. The van der Waals surface area contributed by atoms with Crippen molar-refractivity contribution in [1.82, 2.24) is 9.88 Å². The molecule has 7 nitrogen and oxygen atoms in total. The van der Waals surface area contributed by atoms with Crippen molar-refractivity contribution in [3.05, 3.63) is 69.4 Å². The lowest BCUT2D eigenvalue weighted by molar-refractivity contribution is -0.384. The molecule has 0 radical (unpaired) electrons. The number of benzene rings is 2. The number of nitrogens with one attached hydrogen (secondary N) is 1. The van der Waals surface area contributed by atoms with Crippen LogP contribution in [0, 0.1) is 22.0 Å². The molecule has 170 valence electrons. The predicted octanol–water partition coefficient (Wildman–Crippen LogP) is 4.38. The molecule has 2 aliphatic carbocycles. The second kappa shape index (κ2) is 7.33. The lowest BCUT2D eigenvalue weighted by Gasteiger charge is -2.51. The summed E-state index contributed by atoms with van der Waals surface area (Å²) in [5.41, 5.74) is 4.47. The van der Waals surface area contributed by atoms with Gasteiger partial charge in [0.2, 0.25) is 5.91 Å². The van der Waals surface area contributed by atoms with Crippen LogP contribution in [0.2, 0.25) is 0 Å². The average Bonchev–Trinajstić information content (AvgIpc) is 3.63. The Morgan fingerprint density at radius 3 is 2.85 bits per heavy atom. The first-order chi connectivity index (χ1) is 16.0. The smallest absolute Gasteiger partial charge is 0.271 e. The molecule has 6 rings (SSSR count). The molecule has 1 amide bonds. The van der Waals surface area contributed by atoms with E-state index < -0.39 is 0 Å². The molecule has 0 spiro atoms. The van der Waals surface area contributed by atoms with Crippen LogP contribution >= 0.6 is 0 Å². The number of hydrogen-bond donors (Lipinski definition) is 1. The van der Waals surface area contributed by atoms with Crippen molar-refractivity contribution in [2.75, 3.05) is 20.2 Å². The van der Waals surface area contributed by atoms with Crippen LogP contribution in [0.1, 0.15) is 36.1 Å². The molecule has 1 aliphatic heterocycles. The Balaban J connectivity index is 1.45. The number of nitro benzene ring substituents is 1. The van der Waals surface area contributed by atoms with Gasteiger partial charge < -0.3 is 14.6 Å². The molecule has 3 aliphatic rings. The minimum Gasteiger partial charge on any atom is -0.497 e. The van der Waals surface area contributed by atoms with Crippen molar-refractivity contribution >= 4 is 22.5 Å². The monoisotopic (exact) mass is 445 g/mol. The van der Waals surface area contributed by atoms with E-state index in [-0.39, 0.29) is 27.9 Å². The van der Waals surface area contributed by atoms with Gasteiger partial charge in [-0.15, -0.1) is 0 Å². The topological polar surface area (TPSA) is 88.5 Å². The minimum absolute atomic E-state index is 0.0993. The highest BCUT2D eigenvalue weighted by Crippen LogP contribution is 2.50. The number of amides is 1. The molecular formula is C26H27N3O4. The summed E-state index contributed by atoms with van der Waals surface area (Å²) in [5.74, 6) is 1.66. The van der Waals surface area contributed by atoms with Gasteiger partial charge in [0.15, 0.2) is 0 Å². The summed E-state index contributed by atoms with van der Waals surface area (Å²) in [7, 11) is 1.69. The Kier molecular flexibility index (Phi) is 4.50. The first-order valence-electron chi connectivity index (χ1n) is 11.7. The summed E-state index contributed by atoms with van der Waals surface area (Å²) in [6.07, 6.45) is 4.62. The maximum atomic E-state index is 12.9. The number of non-ortho nitro benzene ring substituents is 1. The second-order valence-corrected chi connectivity index (χ2v) is 9.84. The number of carbonyl (C=O) groups is 1. The third-order valence-electron chi connectivity index (χ3n) is 8.06. The van der Waals surface area contributed by atoms with Crippen molar-refractivity contribution in [2.45, 2.75) is 37.5 Å². The summed E-state index contributed by atoms with van der Waals surface area (Å²) >= 11 is 0. The number of fused-ring (bicyclic) bond motifs is 4. The molecular weight excluding hydrogens is 418 g/mol. The van der Waals surface area contributed by atoms with Gasteiger partial charge >= 0.3 is 0 Å². The normalized spacial score (nSPS) is 24.3. The maximum Gasteiger partial charge on any atom is 0.271 e. The van der Waals surface area contributed by atoms with E-state index >= 15 is 0 Å². The summed E-state index contributed by atoms with van der Waals surface area (Å²) in [4.78, 5) is 29.5. The van der Waals surface area contributed by atoms with Gasteiger partial charge in [0.25, 0.3) is 5.69 Å². The van der Waals surface area contributed by atoms with Crippen molar-refractivity contribution in [3.8, 4) is 5.75 Å². The van der Waals surface area contributed by atoms with Gasteiger partial charge in [0, 0.05) is 47.6 Å². The molecule has 1 saturated carbocycles. The molecule has 2 fully saturated rings. The fourth-order valence-electron chi connectivity index (χ4n) is 6.13. The van der Waals surface area contributed by atoms with Crippen LogP contribution in [0.3, 0.4) is 0 Å². The van der Waals surface area contributed by atoms with Crippen LogP contribution in [0.15, 0.2) is 42.5 Å². The molecule has 1 saturated heterocycles. The van der Waals surface area contributed by atoms with Gasteiger partial charge in [-0.2, -0.15) is 0 Å². The molecule has 2 atom stereocenters. The fraction of sp³-hybridized carbons (Fsp3) is 0.423. The van der Waals surface area contributed by atoms with Crippen molar-refractivity contribution in [2.24, 2.45) is 11.8 Å². The van der Waals surface area contributed by atoms with E-state index in [1.807, 2.05) is 18.2 Å². The molecule has 1 N–H and O–H groups in total. The van der Waals surface area contributed by atoms with Crippen molar-refractivity contribution in [1.29, 1.82) is 0 Å². The van der Waals surface area contributed by atoms with E-state index in [0.717, 1.165) is 67.5 Å². The van der Waals surface area contributed by atoms with Crippen molar-refractivity contribution in [3.63, 3.8) is 0 Å². The Hall–Kier alpha value is -3.35. The summed E-state index contributed by atoms with van der Waals surface area (Å²) in [5, 5.41) is 12.3. The zero-order valence-electron chi connectivity index (χ0n) is 18.7. The minimum atomic E-state index is -0.349. The van der Waals surface area contributed by atoms with E-state index in [0.29, 0.717) is 5.91 Å². The number of aromatic amines is 1. The maximum absolute atomic E-state index is 12.9. The number of nitrogens with zero attached hydrogens (tertiary/aromatic N) is 2. The molecule has 7 heteroatoms. The number of ether oxygens (including phenoxy) is 1. The van der Waals surface area contributed by atoms with Gasteiger partial charge in [0.05, 0.1) is 17.5 Å². The molecule has 3 aromatic rings. The molecule has 0 bridgehead atoms. The Labute approximate surface area is 191 Å². The lowest BCUT2D eigenvalue weighted by Crippen LogP contribution is -2.55. The molecule has 33 heavy (non-hydrogen) atoms. The number of likely N-dealkylation sites (tertiary alicyclic amines) is 1. The van der Waals surface area contributed by atoms with E-state index in [9.17, 15) is 14.9 Å². The van der Waals surface area contributed by atoms with Gasteiger partial charge in [-0.25, -0.2) is 0 Å². The number of rotatable bonds is 4. The highest BCUT2D eigenvalue weighted by atomic mass is 16.6. The molecule has 2 heterocycles. The molecule has 1 aromatic heterocycles. The summed E-state index contributed by atoms with van der Waals surface area (Å²) in [6.45, 7) is 1.52. The van der Waals surface area contributed by atoms with E-state index in [1.54, 1.807) is 19.2 Å². The zero-order chi connectivity index (χ0) is 22.7. The lowest BCUT2D eigenvalue weighted by atomic mass is 9.58. The highest BCUT2D eigenvalue weighted by Gasteiger charge is 2.50. The van der Waals surface area contributed by atoms with Gasteiger partial charge in [0.1, 0.15) is 5.75 Å². The van der Waals surface area contributed by atoms with Crippen LogP contribution in [0.5, 0.6) is 5.75 Å². The van der Waals surface area contributed by atoms with E-state index in [4.69, 9.17) is 4.74 Å². The first-order valence-corrected chi connectivity index (χ1v) is 11.7. The number of methoxy groups -OCH3 is 1. The average molecular weight is 446 g/mol. The number of hydrogen-bond acceptors (Lipinski definition) is 4. The van der Waals surface area contributed by atoms with Crippen LogP contribution in [0.25, 0.3) is 10.9 Å². The SMILES string of the molecule is COc1cccc([C@]23CCN(C(=O)C4CC4)CC2Cc2c([nH]c4cc([N+](=O)[O-])ccc24)C3)c1. The highest BCUT2D eigenvalue weighted by molar-refractivity contribution is 5.87. The van der Waals surface area contributed by atoms with E-state index in [1.165, 1.54) is 11.1 Å². The van der Waals surface area contributed by atoms with Crippen LogP contribution in [0.4, 0.5) is 5.69 Å². The first kappa shape index (κ1) is 20.3. The summed E-state index contributed by atoms with van der Waals surface area (Å²) < 4.78 is 5.54. The fourth-order valence-corrected chi connectivity index (χ4v) is 6.13. The van der Waals surface area contributed by atoms with Crippen molar-refractivity contribution < 1.29 is 14.5 Å².